The average molecular weight is 318 g/mol. The fraction of sp³-hybridized carbons (Fsp3) is 0.615. The van der Waals surface area contributed by atoms with Gasteiger partial charge in [-0.15, -0.1) is 11.3 Å². The van der Waals surface area contributed by atoms with Crippen molar-refractivity contribution in [3.63, 3.8) is 0 Å². The second kappa shape index (κ2) is 7.88. The summed E-state index contributed by atoms with van der Waals surface area (Å²) in [6.45, 7) is 4.34. The minimum Gasteiger partial charge on any atom is -0.349 e. The van der Waals surface area contributed by atoms with E-state index >= 15 is 0 Å². The topological polar surface area (TPSA) is 29.1 Å². The highest BCUT2D eigenvalue weighted by molar-refractivity contribution is 9.11. The number of rotatable bonds is 7. The van der Waals surface area contributed by atoms with Gasteiger partial charge in [-0.1, -0.05) is 33.1 Å². The van der Waals surface area contributed by atoms with E-state index in [-0.39, 0.29) is 5.91 Å². The Balaban J connectivity index is 2.51. The first-order valence-electron chi connectivity index (χ1n) is 6.23. The van der Waals surface area contributed by atoms with Crippen LogP contribution in [-0.2, 0) is 0 Å². The molecule has 17 heavy (non-hydrogen) atoms. The normalized spacial score (nSPS) is 12.4. The number of carbonyl (C=O) groups is 1. The van der Waals surface area contributed by atoms with E-state index in [9.17, 15) is 4.79 Å². The summed E-state index contributed by atoms with van der Waals surface area (Å²) in [4.78, 5) is 12.8. The van der Waals surface area contributed by atoms with Crippen LogP contribution in [-0.4, -0.2) is 11.9 Å². The van der Waals surface area contributed by atoms with Gasteiger partial charge < -0.3 is 5.32 Å². The summed E-state index contributed by atoms with van der Waals surface area (Å²) in [5, 5.41) is 3.13. The molecular formula is C13H20BrNOS. The third-order valence-electron chi connectivity index (χ3n) is 2.68. The van der Waals surface area contributed by atoms with Crippen molar-refractivity contribution in [2.45, 2.75) is 52.0 Å². The molecule has 0 aromatic carbocycles. The van der Waals surface area contributed by atoms with Crippen LogP contribution in [0, 0.1) is 0 Å². The summed E-state index contributed by atoms with van der Waals surface area (Å²) in [6.07, 6.45) is 5.63. The maximum Gasteiger partial charge on any atom is 0.261 e. The maximum atomic E-state index is 12.0. The van der Waals surface area contributed by atoms with Crippen LogP contribution in [0.5, 0.6) is 0 Å². The van der Waals surface area contributed by atoms with Crippen molar-refractivity contribution in [3.05, 3.63) is 20.8 Å². The molecule has 1 atom stereocenters. The fourth-order valence-corrected chi connectivity index (χ4v) is 3.07. The molecule has 96 valence electrons. The minimum atomic E-state index is 0.0650. The number of halogens is 1. The standard InChI is InChI=1S/C13H20BrNOS/c1-3-5-7-10(6-4-2)15-13(16)11-8-9-12(14)17-11/h8-10H,3-7H2,1-2H3,(H,15,16). The van der Waals surface area contributed by atoms with Gasteiger partial charge in [0.05, 0.1) is 8.66 Å². The summed E-state index contributed by atoms with van der Waals surface area (Å²) in [5.74, 6) is 0.0650. The summed E-state index contributed by atoms with van der Waals surface area (Å²) in [7, 11) is 0. The Labute approximate surface area is 116 Å². The van der Waals surface area contributed by atoms with Crippen LogP contribution in [0.15, 0.2) is 15.9 Å². The van der Waals surface area contributed by atoms with Crippen LogP contribution >= 0.6 is 27.3 Å². The molecule has 1 aromatic rings. The lowest BCUT2D eigenvalue weighted by atomic mass is 10.1. The van der Waals surface area contributed by atoms with Crippen molar-refractivity contribution >= 4 is 33.2 Å². The molecule has 0 aliphatic rings. The molecule has 0 fully saturated rings. The van der Waals surface area contributed by atoms with Gasteiger partial charge in [0.2, 0.25) is 0 Å². The molecule has 1 aromatic heterocycles. The minimum absolute atomic E-state index is 0.0650. The van der Waals surface area contributed by atoms with Crippen molar-refractivity contribution in [2.75, 3.05) is 0 Å². The predicted molar refractivity (Wildman–Crippen MR) is 77.7 cm³/mol. The first-order valence-corrected chi connectivity index (χ1v) is 7.84. The highest BCUT2D eigenvalue weighted by atomic mass is 79.9. The number of nitrogens with one attached hydrogen (secondary N) is 1. The van der Waals surface area contributed by atoms with Crippen molar-refractivity contribution in [1.82, 2.24) is 5.32 Å². The van der Waals surface area contributed by atoms with Crippen LogP contribution in [0.1, 0.15) is 55.6 Å². The lowest BCUT2D eigenvalue weighted by Crippen LogP contribution is -2.34. The van der Waals surface area contributed by atoms with E-state index in [1.807, 2.05) is 12.1 Å². The van der Waals surface area contributed by atoms with Gasteiger partial charge in [0.1, 0.15) is 0 Å². The number of amides is 1. The molecular weight excluding hydrogens is 298 g/mol. The van der Waals surface area contributed by atoms with Crippen LogP contribution < -0.4 is 5.32 Å². The van der Waals surface area contributed by atoms with Gasteiger partial charge >= 0.3 is 0 Å². The summed E-state index contributed by atoms with van der Waals surface area (Å²) in [5.41, 5.74) is 0. The second-order valence-corrected chi connectivity index (χ2v) is 6.67. The van der Waals surface area contributed by atoms with Gasteiger partial charge in [0, 0.05) is 6.04 Å². The number of unbranched alkanes of at least 4 members (excludes halogenated alkanes) is 1. The number of hydrogen-bond acceptors (Lipinski definition) is 2. The molecule has 1 heterocycles. The van der Waals surface area contributed by atoms with Gasteiger partial charge in [-0.2, -0.15) is 0 Å². The van der Waals surface area contributed by atoms with E-state index in [1.165, 1.54) is 24.2 Å². The fourth-order valence-electron chi connectivity index (χ4n) is 1.78. The zero-order chi connectivity index (χ0) is 12.7. The molecule has 4 heteroatoms. The maximum absolute atomic E-state index is 12.0. The van der Waals surface area contributed by atoms with Crippen molar-refractivity contribution in [1.29, 1.82) is 0 Å². The third kappa shape index (κ3) is 5.21. The van der Waals surface area contributed by atoms with Crippen molar-refractivity contribution in [2.24, 2.45) is 0 Å². The molecule has 0 spiro atoms. The highest BCUT2D eigenvalue weighted by Crippen LogP contribution is 2.22. The molecule has 0 aliphatic heterocycles. The van der Waals surface area contributed by atoms with E-state index in [2.05, 4.69) is 35.1 Å². The molecule has 1 unspecified atom stereocenters. The molecule has 0 radical (unpaired) electrons. The second-order valence-electron chi connectivity index (χ2n) is 4.21. The van der Waals surface area contributed by atoms with Crippen molar-refractivity contribution < 1.29 is 4.79 Å². The molecule has 1 amide bonds. The van der Waals surface area contributed by atoms with E-state index in [4.69, 9.17) is 0 Å². The first-order chi connectivity index (χ1) is 8.17. The van der Waals surface area contributed by atoms with Crippen LogP contribution in [0.2, 0.25) is 0 Å². The first kappa shape index (κ1) is 14.7. The van der Waals surface area contributed by atoms with Crippen LogP contribution in [0.3, 0.4) is 0 Å². The van der Waals surface area contributed by atoms with E-state index < -0.39 is 0 Å². The van der Waals surface area contributed by atoms with Gasteiger partial charge in [-0.25, -0.2) is 0 Å². The number of thiophene rings is 1. The summed E-state index contributed by atoms with van der Waals surface area (Å²) < 4.78 is 1.00. The highest BCUT2D eigenvalue weighted by Gasteiger charge is 2.14. The van der Waals surface area contributed by atoms with Crippen LogP contribution in [0.4, 0.5) is 0 Å². The van der Waals surface area contributed by atoms with Gasteiger partial charge in [-0.05, 0) is 40.9 Å². The number of hydrogen-bond donors (Lipinski definition) is 1. The molecule has 0 bridgehead atoms. The Morgan fingerprint density at radius 1 is 1.35 bits per heavy atom. The Bertz CT molecular complexity index is 351. The average Bonchev–Trinajstić information content (AvgIpc) is 2.73. The quantitative estimate of drug-likeness (QED) is 0.782. The molecule has 1 rings (SSSR count). The van der Waals surface area contributed by atoms with Crippen LogP contribution in [0.25, 0.3) is 0 Å². The smallest absolute Gasteiger partial charge is 0.261 e. The third-order valence-corrected chi connectivity index (χ3v) is 4.30. The predicted octanol–water partition coefficient (Wildman–Crippen LogP) is 4.60. The van der Waals surface area contributed by atoms with Gasteiger partial charge in [-0.3, -0.25) is 4.79 Å². The zero-order valence-corrected chi connectivity index (χ0v) is 12.9. The monoisotopic (exact) mass is 317 g/mol. The molecule has 0 saturated carbocycles. The lowest BCUT2D eigenvalue weighted by molar-refractivity contribution is 0.0936. The van der Waals surface area contributed by atoms with Gasteiger partial charge in [0.25, 0.3) is 5.91 Å². The Morgan fingerprint density at radius 2 is 2.12 bits per heavy atom. The number of carbonyl (C=O) groups excluding carboxylic acids is 1. The Hall–Kier alpha value is -0.350. The summed E-state index contributed by atoms with van der Waals surface area (Å²) in [6, 6.07) is 4.11. The molecule has 2 nitrogen and oxygen atoms in total. The largest absolute Gasteiger partial charge is 0.349 e. The Morgan fingerprint density at radius 3 is 2.65 bits per heavy atom. The van der Waals surface area contributed by atoms with E-state index in [0.717, 1.165) is 27.9 Å². The lowest BCUT2D eigenvalue weighted by Gasteiger charge is -2.17. The van der Waals surface area contributed by atoms with Crippen molar-refractivity contribution in [3.8, 4) is 0 Å². The molecule has 0 aliphatic carbocycles. The molecule has 0 saturated heterocycles. The van der Waals surface area contributed by atoms with E-state index in [1.54, 1.807) is 0 Å². The Kier molecular flexibility index (Phi) is 6.82. The SMILES string of the molecule is CCCCC(CCC)NC(=O)c1ccc(Br)s1. The van der Waals surface area contributed by atoms with Gasteiger partial charge in [0.15, 0.2) is 0 Å². The van der Waals surface area contributed by atoms with E-state index in [0.29, 0.717) is 6.04 Å². The molecule has 1 N–H and O–H groups in total. The zero-order valence-electron chi connectivity index (χ0n) is 10.5. The summed E-state index contributed by atoms with van der Waals surface area (Å²) >= 11 is 4.86.